The second kappa shape index (κ2) is 4.94. The summed E-state index contributed by atoms with van der Waals surface area (Å²) in [4.78, 5) is 13.2. The Balaban J connectivity index is 2.66. The van der Waals surface area contributed by atoms with Crippen molar-refractivity contribution in [2.24, 2.45) is 5.73 Å². The maximum atomic E-state index is 11.5. The lowest BCUT2D eigenvalue weighted by molar-refractivity contribution is -0.131. The summed E-state index contributed by atoms with van der Waals surface area (Å²) in [6.45, 7) is 4.36. The van der Waals surface area contributed by atoms with Gasteiger partial charge in [-0.2, -0.15) is 0 Å². The Kier molecular flexibility index (Phi) is 3.86. The van der Waals surface area contributed by atoms with Gasteiger partial charge in [0.2, 0.25) is 5.91 Å². The van der Waals surface area contributed by atoms with Crippen LogP contribution >= 0.6 is 0 Å². The molecule has 1 rings (SSSR count). The Labute approximate surface area is 90.9 Å². The Morgan fingerprint density at radius 1 is 1.53 bits per heavy atom. The number of benzene rings is 1. The zero-order valence-corrected chi connectivity index (χ0v) is 9.53. The topological polar surface area (TPSA) is 46.3 Å². The molecular weight excluding hydrogens is 188 g/mol. The normalized spacial score (nSPS) is 12.3. The SMILES string of the molecule is Cc1cccc(CN(C)C(=O)[C@@H](C)N)c1. The van der Waals surface area contributed by atoms with Gasteiger partial charge in [-0.05, 0) is 19.4 Å². The van der Waals surface area contributed by atoms with Crippen LogP contribution in [0.2, 0.25) is 0 Å². The number of rotatable bonds is 3. The lowest BCUT2D eigenvalue weighted by Crippen LogP contribution is -2.39. The molecule has 1 aromatic carbocycles. The Bertz CT molecular complexity index is 347. The molecule has 0 aliphatic heterocycles. The van der Waals surface area contributed by atoms with Crippen LogP contribution in [0, 0.1) is 6.92 Å². The number of carbonyl (C=O) groups is 1. The Morgan fingerprint density at radius 2 is 2.20 bits per heavy atom. The predicted molar refractivity (Wildman–Crippen MR) is 61.3 cm³/mol. The van der Waals surface area contributed by atoms with Gasteiger partial charge in [-0.25, -0.2) is 0 Å². The number of amides is 1. The molecule has 2 N–H and O–H groups in total. The standard InChI is InChI=1S/C12H18N2O/c1-9-5-4-6-11(7-9)8-14(3)12(15)10(2)13/h4-7,10H,8,13H2,1-3H3/t10-/m1/s1. The summed E-state index contributed by atoms with van der Waals surface area (Å²) in [5.74, 6) is -0.0310. The highest BCUT2D eigenvalue weighted by Gasteiger charge is 2.13. The fraction of sp³-hybridized carbons (Fsp3) is 0.417. The van der Waals surface area contributed by atoms with Gasteiger partial charge in [0.05, 0.1) is 6.04 Å². The number of hydrogen-bond acceptors (Lipinski definition) is 2. The average molecular weight is 206 g/mol. The fourth-order valence-electron chi connectivity index (χ4n) is 1.51. The Hall–Kier alpha value is -1.35. The van der Waals surface area contributed by atoms with Crippen LogP contribution in [-0.2, 0) is 11.3 Å². The van der Waals surface area contributed by atoms with Gasteiger partial charge >= 0.3 is 0 Å². The summed E-state index contributed by atoms with van der Waals surface area (Å²) in [7, 11) is 1.77. The van der Waals surface area contributed by atoms with Gasteiger partial charge in [-0.15, -0.1) is 0 Å². The minimum atomic E-state index is -0.431. The molecule has 0 radical (unpaired) electrons. The third kappa shape index (κ3) is 3.36. The molecule has 0 bridgehead atoms. The molecule has 0 fully saturated rings. The van der Waals surface area contributed by atoms with Crippen molar-refractivity contribution in [3.8, 4) is 0 Å². The first-order valence-corrected chi connectivity index (χ1v) is 5.07. The van der Waals surface area contributed by atoms with Gasteiger partial charge in [0.25, 0.3) is 0 Å². The van der Waals surface area contributed by atoms with Crippen molar-refractivity contribution in [2.75, 3.05) is 7.05 Å². The molecule has 3 nitrogen and oxygen atoms in total. The molecule has 0 aliphatic rings. The molecule has 0 aliphatic carbocycles. The van der Waals surface area contributed by atoms with Crippen molar-refractivity contribution in [1.29, 1.82) is 0 Å². The molecule has 1 atom stereocenters. The number of hydrogen-bond donors (Lipinski definition) is 1. The van der Waals surface area contributed by atoms with E-state index < -0.39 is 6.04 Å². The third-order valence-corrected chi connectivity index (χ3v) is 2.27. The van der Waals surface area contributed by atoms with E-state index >= 15 is 0 Å². The molecule has 0 heterocycles. The van der Waals surface area contributed by atoms with Crippen molar-refractivity contribution in [3.05, 3.63) is 35.4 Å². The van der Waals surface area contributed by atoms with Gasteiger partial charge in [-0.3, -0.25) is 4.79 Å². The zero-order valence-electron chi connectivity index (χ0n) is 9.53. The van der Waals surface area contributed by atoms with Crippen molar-refractivity contribution in [2.45, 2.75) is 26.4 Å². The van der Waals surface area contributed by atoms with Gasteiger partial charge in [0.15, 0.2) is 0 Å². The molecule has 0 aromatic heterocycles. The van der Waals surface area contributed by atoms with E-state index in [1.54, 1.807) is 18.9 Å². The number of likely N-dealkylation sites (N-methyl/N-ethyl adjacent to an activating group) is 1. The van der Waals surface area contributed by atoms with Crippen LogP contribution in [0.15, 0.2) is 24.3 Å². The minimum absolute atomic E-state index is 0.0310. The van der Waals surface area contributed by atoms with E-state index in [1.807, 2.05) is 25.1 Å². The molecule has 3 heteroatoms. The van der Waals surface area contributed by atoms with E-state index in [4.69, 9.17) is 5.73 Å². The van der Waals surface area contributed by atoms with Crippen LogP contribution in [0.5, 0.6) is 0 Å². The summed E-state index contributed by atoms with van der Waals surface area (Å²) in [5, 5.41) is 0. The van der Waals surface area contributed by atoms with Crippen LogP contribution in [0.1, 0.15) is 18.1 Å². The summed E-state index contributed by atoms with van der Waals surface area (Å²) < 4.78 is 0. The third-order valence-electron chi connectivity index (χ3n) is 2.27. The zero-order chi connectivity index (χ0) is 11.4. The van der Waals surface area contributed by atoms with E-state index in [1.165, 1.54) is 5.56 Å². The van der Waals surface area contributed by atoms with Crippen LogP contribution in [-0.4, -0.2) is 23.9 Å². The van der Waals surface area contributed by atoms with Gasteiger partial charge in [-0.1, -0.05) is 29.8 Å². The van der Waals surface area contributed by atoms with Gasteiger partial charge < -0.3 is 10.6 Å². The number of carbonyl (C=O) groups excluding carboxylic acids is 1. The number of nitrogens with two attached hydrogens (primary N) is 1. The summed E-state index contributed by atoms with van der Waals surface area (Å²) in [6.07, 6.45) is 0. The highest BCUT2D eigenvalue weighted by atomic mass is 16.2. The Morgan fingerprint density at radius 3 is 2.73 bits per heavy atom. The maximum absolute atomic E-state index is 11.5. The maximum Gasteiger partial charge on any atom is 0.239 e. The smallest absolute Gasteiger partial charge is 0.239 e. The van der Waals surface area contributed by atoms with E-state index in [0.717, 1.165) is 5.56 Å². The molecule has 15 heavy (non-hydrogen) atoms. The molecule has 0 unspecified atom stereocenters. The van der Waals surface area contributed by atoms with Crippen LogP contribution < -0.4 is 5.73 Å². The van der Waals surface area contributed by atoms with E-state index in [9.17, 15) is 4.79 Å². The molecule has 0 saturated heterocycles. The first-order valence-electron chi connectivity index (χ1n) is 5.07. The van der Waals surface area contributed by atoms with Crippen molar-refractivity contribution in [3.63, 3.8) is 0 Å². The second-order valence-corrected chi connectivity index (χ2v) is 3.97. The van der Waals surface area contributed by atoms with Crippen LogP contribution in [0.4, 0.5) is 0 Å². The average Bonchev–Trinajstić information content (AvgIpc) is 2.16. The molecule has 1 aromatic rings. The quantitative estimate of drug-likeness (QED) is 0.810. The van der Waals surface area contributed by atoms with E-state index in [-0.39, 0.29) is 5.91 Å². The number of aryl methyl sites for hydroxylation is 1. The van der Waals surface area contributed by atoms with Crippen LogP contribution in [0.25, 0.3) is 0 Å². The molecule has 0 spiro atoms. The number of nitrogens with zero attached hydrogens (tertiary/aromatic N) is 1. The second-order valence-electron chi connectivity index (χ2n) is 3.97. The largest absolute Gasteiger partial charge is 0.340 e. The first-order chi connectivity index (χ1) is 7.00. The lowest BCUT2D eigenvalue weighted by Gasteiger charge is -2.19. The molecule has 82 valence electrons. The van der Waals surface area contributed by atoms with E-state index in [0.29, 0.717) is 6.54 Å². The summed E-state index contributed by atoms with van der Waals surface area (Å²) in [6, 6.07) is 7.69. The molecule has 1 amide bonds. The van der Waals surface area contributed by atoms with Crippen molar-refractivity contribution >= 4 is 5.91 Å². The predicted octanol–water partition coefficient (Wildman–Crippen LogP) is 1.30. The summed E-state index contributed by atoms with van der Waals surface area (Å²) in [5.41, 5.74) is 7.86. The first kappa shape index (κ1) is 11.7. The highest BCUT2D eigenvalue weighted by molar-refractivity contribution is 5.80. The van der Waals surface area contributed by atoms with Crippen molar-refractivity contribution in [1.82, 2.24) is 4.90 Å². The highest BCUT2D eigenvalue weighted by Crippen LogP contribution is 2.07. The fourth-order valence-corrected chi connectivity index (χ4v) is 1.51. The monoisotopic (exact) mass is 206 g/mol. The summed E-state index contributed by atoms with van der Waals surface area (Å²) >= 11 is 0. The van der Waals surface area contributed by atoms with Crippen molar-refractivity contribution < 1.29 is 4.79 Å². The van der Waals surface area contributed by atoms with Gasteiger partial charge in [0, 0.05) is 13.6 Å². The van der Waals surface area contributed by atoms with E-state index in [2.05, 4.69) is 6.07 Å². The van der Waals surface area contributed by atoms with Gasteiger partial charge in [0.1, 0.15) is 0 Å². The molecule has 0 saturated carbocycles. The minimum Gasteiger partial charge on any atom is -0.340 e. The lowest BCUT2D eigenvalue weighted by atomic mass is 10.1. The van der Waals surface area contributed by atoms with Crippen LogP contribution in [0.3, 0.4) is 0 Å². The molecular formula is C12H18N2O.